The Morgan fingerprint density at radius 1 is 1.43 bits per heavy atom. The molecule has 114 valence electrons. The lowest BCUT2D eigenvalue weighted by Crippen LogP contribution is -2.58. The van der Waals surface area contributed by atoms with Crippen molar-refractivity contribution in [3.8, 4) is 0 Å². The Kier molecular flexibility index (Phi) is 5.06. The molecular weight excluding hydrogens is 342 g/mol. The molecule has 8 heteroatoms. The van der Waals surface area contributed by atoms with E-state index in [0.29, 0.717) is 0 Å². The van der Waals surface area contributed by atoms with Gasteiger partial charge in [-0.3, -0.25) is 19.7 Å². The molecule has 0 saturated carbocycles. The highest BCUT2D eigenvalue weighted by Gasteiger charge is 2.36. The summed E-state index contributed by atoms with van der Waals surface area (Å²) in [6, 6.07) is 3.97. The highest BCUT2D eigenvalue weighted by Crippen LogP contribution is 2.26. The lowest BCUT2D eigenvalue weighted by atomic mass is 9.87. The third-order valence-corrected chi connectivity index (χ3v) is 4.12. The SMILES string of the molecule is CC(C)C(C)(NC(=O)c1ccc(Br)c([N+](=O)[O-])c1)C(N)=O. The number of halogens is 1. The maximum atomic E-state index is 12.2. The van der Waals surface area contributed by atoms with Crippen molar-refractivity contribution in [3.63, 3.8) is 0 Å². The minimum Gasteiger partial charge on any atom is -0.368 e. The molecule has 0 spiro atoms. The number of nitro benzene ring substituents is 1. The van der Waals surface area contributed by atoms with Gasteiger partial charge < -0.3 is 11.1 Å². The summed E-state index contributed by atoms with van der Waals surface area (Å²) in [5.41, 5.74) is 3.95. The second kappa shape index (κ2) is 6.21. The van der Waals surface area contributed by atoms with Crippen LogP contribution in [-0.4, -0.2) is 22.3 Å². The number of hydrogen-bond donors (Lipinski definition) is 2. The van der Waals surface area contributed by atoms with Crippen LogP contribution in [-0.2, 0) is 4.79 Å². The second-order valence-corrected chi connectivity index (χ2v) is 5.95. The number of nitrogens with zero attached hydrogens (tertiary/aromatic N) is 1. The van der Waals surface area contributed by atoms with E-state index in [-0.39, 0.29) is 21.6 Å². The van der Waals surface area contributed by atoms with E-state index in [0.717, 1.165) is 6.07 Å². The number of hydrogen-bond acceptors (Lipinski definition) is 4. The molecule has 3 N–H and O–H groups in total. The number of carbonyl (C=O) groups excluding carboxylic acids is 2. The monoisotopic (exact) mass is 357 g/mol. The molecule has 0 aromatic heterocycles. The van der Waals surface area contributed by atoms with Gasteiger partial charge in [0.2, 0.25) is 5.91 Å². The third-order valence-electron chi connectivity index (χ3n) is 3.44. The molecule has 0 aliphatic rings. The van der Waals surface area contributed by atoms with Gasteiger partial charge in [-0.1, -0.05) is 13.8 Å². The Balaban J connectivity index is 3.13. The zero-order valence-electron chi connectivity index (χ0n) is 11.8. The highest BCUT2D eigenvalue weighted by molar-refractivity contribution is 9.10. The fourth-order valence-electron chi connectivity index (χ4n) is 1.59. The predicted molar refractivity (Wildman–Crippen MR) is 80.7 cm³/mol. The van der Waals surface area contributed by atoms with Crippen LogP contribution in [0.4, 0.5) is 5.69 Å². The van der Waals surface area contributed by atoms with E-state index < -0.39 is 22.3 Å². The molecule has 1 aromatic rings. The van der Waals surface area contributed by atoms with Gasteiger partial charge in [0.1, 0.15) is 5.54 Å². The Morgan fingerprint density at radius 3 is 2.43 bits per heavy atom. The van der Waals surface area contributed by atoms with Gasteiger partial charge in [-0.2, -0.15) is 0 Å². The van der Waals surface area contributed by atoms with E-state index in [9.17, 15) is 19.7 Å². The smallest absolute Gasteiger partial charge is 0.284 e. The van der Waals surface area contributed by atoms with Crippen molar-refractivity contribution in [2.75, 3.05) is 0 Å². The first-order valence-electron chi connectivity index (χ1n) is 6.16. The molecule has 0 heterocycles. The molecule has 2 amide bonds. The van der Waals surface area contributed by atoms with Crippen molar-refractivity contribution in [2.24, 2.45) is 11.7 Å². The van der Waals surface area contributed by atoms with Crippen molar-refractivity contribution >= 4 is 33.4 Å². The largest absolute Gasteiger partial charge is 0.368 e. The highest BCUT2D eigenvalue weighted by atomic mass is 79.9. The van der Waals surface area contributed by atoms with Crippen molar-refractivity contribution in [1.29, 1.82) is 0 Å². The minimum atomic E-state index is -1.24. The zero-order chi connectivity index (χ0) is 16.4. The molecule has 1 atom stereocenters. The normalized spacial score (nSPS) is 13.6. The molecule has 21 heavy (non-hydrogen) atoms. The standard InChI is InChI=1S/C13H16BrN3O4/c1-7(2)13(3,12(15)19)16-11(18)8-4-5-9(14)10(6-8)17(20)21/h4-7H,1-3H3,(H2,15,19)(H,16,18). The Hall–Kier alpha value is -1.96. The first kappa shape index (κ1) is 17.1. The average molecular weight is 358 g/mol. The molecule has 0 aliphatic carbocycles. The van der Waals surface area contributed by atoms with Gasteiger partial charge >= 0.3 is 0 Å². The molecule has 1 aromatic carbocycles. The van der Waals surface area contributed by atoms with Gasteiger partial charge in [-0.15, -0.1) is 0 Å². The first-order chi connectivity index (χ1) is 9.59. The Bertz CT molecular complexity index is 603. The van der Waals surface area contributed by atoms with Crippen LogP contribution in [0.3, 0.4) is 0 Å². The summed E-state index contributed by atoms with van der Waals surface area (Å²) in [6.07, 6.45) is 0. The molecule has 7 nitrogen and oxygen atoms in total. The van der Waals surface area contributed by atoms with Crippen molar-refractivity contribution in [1.82, 2.24) is 5.32 Å². The number of nitrogens with one attached hydrogen (secondary N) is 1. The van der Waals surface area contributed by atoms with Crippen LogP contribution in [0.1, 0.15) is 31.1 Å². The van der Waals surface area contributed by atoms with Crippen LogP contribution in [0, 0.1) is 16.0 Å². The Morgan fingerprint density at radius 2 is 2.00 bits per heavy atom. The fraction of sp³-hybridized carbons (Fsp3) is 0.385. The van der Waals surface area contributed by atoms with Crippen LogP contribution in [0.15, 0.2) is 22.7 Å². The van der Waals surface area contributed by atoms with Crippen LogP contribution >= 0.6 is 15.9 Å². The molecular formula is C13H16BrN3O4. The summed E-state index contributed by atoms with van der Waals surface area (Å²) in [5.74, 6) is -1.50. The zero-order valence-corrected chi connectivity index (χ0v) is 13.4. The number of amides is 2. The van der Waals surface area contributed by atoms with Gasteiger partial charge in [-0.25, -0.2) is 0 Å². The summed E-state index contributed by atoms with van der Waals surface area (Å²) in [6.45, 7) is 5.01. The van der Waals surface area contributed by atoms with Crippen LogP contribution in [0.5, 0.6) is 0 Å². The average Bonchev–Trinajstić information content (AvgIpc) is 2.37. The van der Waals surface area contributed by atoms with E-state index in [4.69, 9.17) is 5.73 Å². The van der Waals surface area contributed by atoms with Crippen LogP contribution < -0.4 is 11.1 Å². The van der Waals surface area contributed by atoms with Gasteiger partial charge in [-0.05, 0) is 40.9 Å². The molecule has 0 radical (unpaired) electrons. The van der Waals surface area contributed by atoms with Crippen LogP contribution in [0.2, 0.25) is 0 Å². The molecule has 1 unspecified atom stereocenters. The van der Waals surface area contributed by atoms with Gasteiger partial charge in [0.15, 0.2) is 0 Å². The maximum absolute atomic E-state index is 12.2. The van der Waals surface area contributed by atoms with E-state index in [1.807, 2.05) is 0 Å². The molecule has 0 bridgehead atoms. The maximum Gasteiger partial charge on any atom is 0.284 e. The lowest BCUT2D eigenvalue weighted by molar-refractivity contribution is -0.385. The van der Waals surface area contributed by atoms with E-state index in [1.54, 1.807) is 13.8 Å². The predicted octanol–water partition coefficient (Wildman–Crippen LogP) is 1.99. The molecule has 0 saturated heterocycles. The van der Waals surface area contributed by atoms with E-state index in [2.05, 4.69) is 21.2 Å². The topological polar surface area (TPSA) is 115 Å². The number of primary amides is 1. The Labute approximate surface area is 130 Å². The summed E-state index contributed by atoms with van der Waals surface area (Å²) >= 11 is 3.04. The number of nitro groups is 1. The molecule has 1 rings (SSSR count). The number of rotatable bonds is 5. The van der Waals surface area contributed by atoms with Crippen molar-refractivity contribution in [3.05, 3.63) is 38.3 Å². The van der Waals surface area contributed by atoms with Crippen molar-refractivity contribution in [2.45, 2.75) is 26.3 Å². The number of benzene rings is 1. The van der Waals surface area contributed by atoms with Gasteiger partial charge in [0, 0.05) is 11.6 Å². The second-order valence-electron chi connectivity index (χ2n) is 5.10. The summed E-state index contributed by atoms with van der Waals surface area (Å²) in [4.78, 5) is 34.0. The first-order valence-corrected chi connectivity index (χ1v) is 6.95. The summed E-state index contributed by atoms with van der Waals surface area (Å²) in [5, 5.41) is 13.4. The van der Waals surface area contributed by atoms with Gasteiger partial charge in [0.05, 0.1) is 9.40 Å². The lowest BCUT2D eigenvalue weighted by Gasteiger charge is -2.31. The summed E-state index contributed by atoms with van der Waals surface area (Å²) < 4.78 is 0.269. The van der Waals surface area contributed by atoms with E-state index >= 15 is 0 Å². The number of carbonyl (C=O) groups is 2. The van der Waals surface area contributed by atoms with Crippen molar-refractivity contribution < 1.29 is 14.5 Å². The van der Waals surface area contributed by atoms with Gasteiger partial charge in [0.25, 0.3) is 11.6 Å². The molecule has 0 aliphatic heterocycles. The number of nitrogens with two attached hydrogens (primary N) is 1. The third kappa shape index (κ3) is 3.57. The van der Waals surface area contributed by atoms with Crippen LogP contribution in [0.25, 0.3) is 0 Å². The molecule has 0 fully saturated rings. The summed E-state index contributed by atoms with van der Waals surface area (Å²) in [7, 11) is 0. The quantitative estimate of drug-likeness (QED) is 0.618. The fourth-order valence-corrected chi connectivity index (χ4v) is 1.98. The minimum absolute atomic E-state index is 0.0815. The van der Waals surface area contributed by atoms with E-state index in [1.165, 1.54) is 19.1 Å².